The molecule has 1 amide bonds. The predicted molar refractivity (Wildman–Crippen MR) is 123 cm³/mol. The molecule has 0 aliphatic rings. The maximum absolute atomic E-state index is 12.9. The van der Waals surface area contributed by atoms with Crippen molar-refractivity contribution in [1.82, 2.24) is 4.57 Å². The molecule has 0 unspecified atom stereocenters. The van der Waals surface area contributed by atoms with E-state index in [-0.39, 0.29) is 17.3 Å². The zero-order valence-electron chi connectivity index (χ0n) is 17.3. The molecule has 3 nitrogen and oxygen atoms in total. The molecule has 7 heteroatoms. The third kappa shape index (κ3) is 5.16. The van der Waals surface area contributed by atoms with Gasteiger partial charge in [0.15, 0.2) is 0 Å². The largest absolute Gasteiger partial charge is 0.416 e. The molecule has 0 radical (unpaired) electrons. The van der Waals surface area contributed by atoms with Crippen molar-refractivity contribution in [3.8, 4) is 0 Å². The maximum atomic E-state index is 12.9. The molecule has 0 spiro atoms. The van der Waals surface area contributed by atoms with Gasteiger partial charge in [0.05, 0.1) is 11.3 Å². The van der Waals surface area contributed by atoms with Crippen molar-refractivity contribution in [3.05, 3.63) is 95.7 Å². The van der Waals surface area contributed by atoms with Crippen LogP contribution in [0.5, 0.6) is 0 Å². The number of para-hydroxylation sites is 1. The van der Waals surface area contributed by atoms with E-state index in [2.05, 4.69) is 34.1 Å². The predicted octanol–water partition coefficient (Wildman–Crippen LogP) is 6.75. The highest BCUT2D eigenvalue weighted by Gasteiger charge is 2.30. The Bertz CT molecular complexity index is 1250. The fourth-order valence-electron chi connectivity index (χ4n) is 3.46. The van der Waals surface area contributed by atoms with Gasteiger partial charge in [-0.15, -0.1) is 11.8 Å². The van der Waals surface area contributed by atoms with E-state index < -0.39 is 11.7 Å². The first-order chi connectivity index (χ1) is 15.3. The van der Waals surface area contributed by atoms with E-state index in [1.54, 1.807) is 0 Å². The summed E-state index contributed by atoms with van der Waals surface area (Å²) in [6, 6.07) is 21.0. The molecule has 0 bridgehead atoms. The lowest BCUT2D eigenvalue weighted by molar-refractivity contribution is -0.137. The number of aromatic nitrogens is 1. The number of hydrogen-bond acceptors (Lipinski definition) is 2. The number of benzene rings is 3. The first-order valence-corrected chi connectivity index (χ1v) is 11.0. The number of rotatable bonds is 6. The van der Waals surface area contributed by atoms with Gasteiger partial charge in [0, 0.05) is 34.2 Å². The van der Waals surface area contributed by atoms with Gasteiger partial charge in [0.2, 0.25) is 5.91 Å². The third-order valence-corrected chi connectivity index (χ3v) is 6.10. The van der Waals surface area contributed by atoms with Crippen molar-refractivity contribution in [1.29, 1.82) is 0 Å². The number of nitrogens with zero attached hydrogens (tertiary/aromatic N) is 1. The number of alkyl halides is 3. The van der Waals surface area contributed by atoms with Crippen LogP contribution in [0.2, 0.25) is 0 Å². The smallest absolute Gasteiger partial charge is 0.342 e. The van der Waals surface area contributed by atoms with Crippen LogP contribution in [-0.2, 0) is 17.5 Å². The van der Waals surface area contributed by atoms with Crippen molar-refractivity contribution >= 4 is 34.3 Å². The molecule has 3 aromatic carbocycles. The monoisotopic (exact) mass is 454 g/mol. The molecule has 1 aromatic heterocycles. The van der Waals surface area contributed by atoms with Gasteiger partial charge < -0.3 is 9.88 Å². The topological polar surface area (TPSA) is 34.0 Å². The van der Waals surface area contributed by atoms with E-state index >= 15 is 0 Å². The summed E-state index contributed by atoms with van der Waals surface area (Å²) in [5.41, 5.74) is 2.78. The van der Waals surface area contributed by atoms with Crippen LogP contribution in [-0.4, -0.2) is 16.2 Å². The minimum Gasteiger partial charge on any atom is -0.342 e. The molecule has 0 saturated heterocycles. The van der Waals surface area contributed by atoms with Crippen LogP contribution in [0.15, 0.2) is 83.9 Å². The number of carbonyl (C=O) groups excluding carboxylic acids is 1. The number of aryl methyl sites for hydroxylation is 1. The number of halogens is 3. The Morgan fingerprint density at radius 3 is 2.50 bits per heavy atom. The van der Waals surface area contributed by atoms with E-state index in [1.165, 1.54) is 35.0 Å². The van der Waals surface area contributed by atoms with Crippen molar-refractivity contribution in [2.45, 2.75) is 24.5 Å². The maximum Gasteiger partial charge on any atom is 0.416 e. The lowest BCUT2D eigenvalue weighted by Gasteiger charge is -2.09. The van der Waals surface area contributed by atoms with Crippen molar-refractivity contribution < 1.29 is 18.0 Å². The van der Waals surface area contributed by atoms with Crippen molar-refractivity contribution in [2.24, 2.45) is 0 Å². The summed E-state index contributed by atoms with van der Waals surface area (Å²) in [5, 5.41) is 3.60. The molecule has 1 N–H and O–H groups in total. The number of anilines is 1. The number of nitrogens with one attached hydrogen (secondary N) is 1. The summed E-state index contributed by atoms with van der Waals surface area (Å²) >= 11 is 1.37. The van der Waals surface area contributed by atoms with Crippen molar-refractivity contribution in [2.75, 3.05) is 11.1 Å². The van der Waals surface area contributed by atoms with E-state index in [9.17, 15) is 18.0 Å². The molecule has 0 saturated carbocycles. The van der Waals surface area contributed by atoms with E-state index in [1.807, 2.05) is 37.4 Å². The average molecular weight is 455 g/mol. The van der Waals surface area contributed by atoms with Crippen LogP contribution in [0.3, 0.4) is 0 Å². The third-order valence-electron chi connectivity index (χ3n) is 5.06. The van der Waals surface area contributed by atoms with Crippen LogP contribution < -0.4 is 5.32 Å². The number of fused-ring (bicyclic) bond motifs is 1. The standard InChI is InChI=1S/C25H21F3N2OS/c1-17-9-11-18(12-10-17)14-30-15-23(21-7-2-3-8-22(21)30)32-16-24(31)29-20-6-4-5-19(13-20)25(26,27)28/h2-13,15H,14,16H2,1H3,(H,29,31). The van der Waals surface area contributed by atoms with Crippen LogP contribution in [0, 0.1) is 6.92 Å². The SMILES string of the molecule is Cc1ccc(Cn2cc(SCC(=O)Nc3cccc(C(F)(F)F)c3)c3ccccc32)cc1. The number of thioether (sulfide) groups is 1. The molecular weight excluding hydrogens is 433 g/mol. The minimum atomic E-state index is -4.45. The van der Waals surface area contributed by atoms with Crippen molar-refractivity contribution in [3.63, 3.8) is 0 Å². The minimum absolute atomic E-state index is 0.0920. The Hall–Kier alpha value is -3.19. The van der Waals surface area contributed by atoms with E-state index in [0.717, 1.165) is 27.9 Å². The van der Waals surface area contributed by atoms with Gasteiger partial charge in [-0.3, -0.25) is 4.79 Å². The molecule has 0 fully saturated rings. The normalized spacial score (nSPS) is 11.6. The summed E-state index contributed by atoms with van der Waals surface area (Å²) < 4.78 is 40.8. The molecular formula is C25H21F3N2OS. The van der Waals surface area contributed by atoms with Gasteiger partial charge in [0.1, 0.15) is 0 Å². The summed E-state index contributed by atoms with van der Waals surface area (Å²) in [5.74, 6) is -0.265. The number of amides is 1. The molecule has 0 atom stereocenters. The molecule has 1 heterocycles. The van der Waals surface area contributed by atoms with Gasteiger partial charge in [0.25, 0.3) is 0 Å². The highest BCUT2D eigenvalue weighted by Crippen LogP contribution is 2.32. The van der Waals surface area contributed by atoms with Crippen LogP contribution in [0.1, 0.15) is 16.7 Å². The second-order valence-corrected chi connectivity index (χ2v) is 8.56. The van der Waals surface area contributed by atoms with Gasteiger partial charge in [-0.25, -0.2) is 0 Å². The summed E-state index contributed by atoms with van der Waals surface area (Å²) in [6.07, 6.45) is -2.43. The first-order valence-electron chi connectivity index (χ1n) is 10.0. The van der Waals surface area contributed by atoms with Gasteiger partial charge >= 0.3 is 6.18 Å². The first kappa shape index (κ1) is 22.0. The molecule has 4 aromatic rings. The molecule has 4 rings (SSSR count). The zero-order valence-corrected chi connectivity index (χ0v) is 18.1. The second kappa shape index (κ2) is 9.12. The highest BCUT2D eigenvalue weighted by molar-refractivity contribution is 8.00. The summed E-state index contributed by atoms with van der Waals surface area (Å²) in [7, 11) is 0. The Balaban J connectivity index is 1.47. The van der Waals surface area contributed by atoms with Gasteiger partial charge in [-0.1, -0.05) is 54.1 Å². The Labute approximate surface area is 188 Å². The quantitative estimate of drug-likeness (QED) is 0.327. The Morgan fingerprint density at radius 2 is 1.75 bits per heavy atom. The van der Waals surface area contributed by atoms with Crippen LogP contribution in [0.4, 0.5) is 18.9 Å². The van der Waals surface area contributed by atoms with E-state index in [4.69, 9.17) is 0 Å². The van der Waals surface area contributed by atoms with Crippen LogP contribution >= 0.6 is 11.8 Å². The number of hydrogen-bond donors (Lipinski definition) is 1. The number of carbonyl (C=O) groups is 1. The lowest BCUT2D eigenvalue weighted by atomic mass is 10.1. The average Bonchev–Trinajstić information content (AvgIpc) is 3.11. The van der Waals surface area contributed by atoms with Gasteiger partial charge in [-0.2, -0.15) is 13.2 Å². The van der Waals surface area contributed by atoms with Gasteiger partial charge in [-0.05, 0) is 36.8 Å². The molecule has 32 heavy (non-hydrogen) atoms. The highest BCUT2D eigenvalue weighted by atomic mass is 32.2. The molecule has 164 valence electrons. The Morgan fingerprint density at radius 1 is 1.00 bits per heavy atom. The fourth-order valence-corrected chi connectivity index (χ4v) is 4.35. The molecule has 0 aliphatic carbocycles. The fraction of sp³-hybridized carbons (Fsp3) is 0.160. The Kier molecular flexibility index (Phi) is 6.28. The summed E-state index contributed by atoms with van der Waals surface area (Å²) in [6.45, 7) is 2.76. The molecule has 0 aliphatic heterocycles. The van der Waals surface area contributed by atoms with Crippen LogP contribution in [0.25, 0.3) is 10.9 Å². The summed E-state index contributed by atoms with van der Waals surface area (Å²) in [4.78, 5) is 13.3. The lowest BCUT2D eigenvalue weighted by Crippen LogP contribution is -2.15. The van der Waals surface area contributed by atoms with E-state index in [0.29, 0.717) is 6.54 Å². The second-order valence-electron chi connectivity index (χ2n) is 7.54. The zero-order chi connectivity index (χ0) is 22.7.